The van der Waals surface area contributed by atoms with Crippen LogP contribution in [0.2, 0.25) is 0 Å². The zero-order valence-electron chi connectivity index (χ0n) is 13.6. The van der Waals surface area contributed by atoms with E-state index in [2.05, 4.69) is 4.90 Å². The summed E-state index contributed by atoms with van der Waals surface area (Å²) >= 11 is 0. The van der Waals surface area contributed by atoms with Crippen LogP contribution < -0.4 is 9.47 Å². The topological polar surface area (TPSA) is 76.1 Å². The lowest BCUT2D eigenvalue weighted by Gasteiger charge is -2.30. The molecule has 1 N–H and O–H groups in total. The molecule has 6 heteroatoms. The molecule has 23 heavy (non-hydrogen) atoms. The third kappa shape index (κ3) is 4.45. The predicted molar refractivity (Wildman–Crippen MR) is 85.3 cm³/mol. The van der Waals surface area contributed by atoms with Crippen molar-refractivity contribution in [1.82, 2.24) is 4.90 Å². The van der Waals surface area contributed by atoms with Gasteiger partial charge in [0.1, 0.15) is 11.5 Å². The molecule has 1 saturated heterocycles. The zero-order chi connectivity index (χ0) is 16.8. The summed E-state index contributed by atoms with van der Waals surface area (Å²) in [6, 6.07) is 5.13. The van der Waals surface area contributed by atoms with Crippen molar-refractivity contribution in [3.05, 3.63) is 23.8 Å². The average Bonchev–Trinajstić information content (AvgIpc) is 2.59. The highest BCUT2D eigenvalue weighted by Crippen LogP contribution is 2.26. The van der Waals surface area contributed by atoms with Gasteiger partial charge in [0.2, 0.25) is 0 Å². The van der Waals surface area contributed by atoms with E-state index in [-0.39, 0.29) is 11.7 Å². The minimum absolute atomic E-state index is 0.0121. The summed E-state index contributed by atoms with van der Waals surface area (Å²) in [5, 5.41) is 9.11. The number of carbonyl (C=O) groups is 2. The second-order valence-electron chi connectivity index (χ2n) is 5.72. The Labute approximate surface area is 136 Å². The van der Waals surface area contributed by atoms with Crippen molar-refractivity contribution in [3.8, 4) is 11.5 Å². The first-order chi connectivity index (χ1) is 11.0. The van der Waals surface area contributed by atoms with Gasteiger partial charge < -0.3 is 19.5 Å². The average molecular weight is 321 g/mol. The number of Topliss-reactive ketones (excluding diaryl/α,β-unsaturated/α-hetero) is 1. The number of rotatable bonds is 7. The Morgan fingerprint density at radius 3 is 2.74 bits per heavy atom. The van der Waals surface area contributed by atoms with Crippen molar-refractivity contribution in [2.24, 2.45) is 5.92 Å². The van der Waals surface area contributed by atoms with Gasteiger partial charge in [-0.05, 0) is 31.5 Å². The number of nitrogens with zero attached hydrogens (tertiary/aromatic N) is 1. The first-order valence-electron chi connectivity index (χ1n) is 7.75. The zero-order valence-corrected chi connectivity index (χ0v) is 13.6. The number of carbonyl (C=O) groups excluding carboxylic acids is 1. The number of benzene rings is 1. The normalized spacial score (nSPS) is 18.4. The second-order valence-corrected chi connectivity index (χ2v) is 5.72. The van der Waals surface area contributed by atoms with Gasteiger partial charge in [0.05, 0.1) is 25.7 Å². The molecule has 2 rings (SSSR count). The van der Waals surface area contributed by atoms with Gasteiger partial charge in [-0.3, -0.25) is 9.59 Å². The fraction of sp³-hybridized carbons (Fsp3) is 0.529. The molecule has 1 heterocycles. The van der Waals surface area contributed by atoms with E-state index in [1.54, 1.807) is 25.3 Å². The van der Waals surface area contributed by atoms with Crippen LogP contribution in [0.4, 0.5) is 0 Å². The molecule has 1 aliphatic heterocycles. The van der Waals surface area contributed by atoms with Crippen LogP contribution in [0.1, 0.15) is 29.6 Å². The molecule has 0 bridgehead atoms. The second kappa shape index (κ2) is 7.97. The Balaban J connectivity index is 1.95. The number of hydrogen-bond donors (Lipinski definition) is 1. The van der Waals surface area contributed by atoms with Crippen molar-refractivity contribution in [1.29, 1.82) is 0 Å². The Morgan fingerprint density at radius 2 is 2.09 bits per heavy atom. The van der Waals surface area contributed by atoms with Gasteiger partial charge in [-0.2, -0.15) is 0 Å². The van der Waals surface area contributed by atoms with Gasteiger partial charge >= 0.3 is 5.97 Å². The van der Waals surface area contributed by atoms with Crippen molar-refractivity contribution < 1.29 is 24.2 Å². The van der Waals surface area contributed by atoms with Crippen LogP contribution in [-0.2, 0) is 4.79 Å². The SMILES string of the molecule is COc1ccc(C(=O)CCN2CCCC(C(=O)O)C2)c(OC)c1. The third-order valence-electron chi connectivity index (χ3n) is 4.22. The monoisotopic (exact) mass is 321 g/mol. The molecule has 1 unspecified atom stereocenters. The number of carboxylic acid groups (broad SMARTS) is 1. The van der Waals surface area contributed by atoms with E-state index in [1.807, 2.05) is 0 Å². The first-order valence-corrected chi connectivity index (χ1v) is 7.75. The largest absolute Gasteiger partial charge is 0.497 e. The van der Waals surface area contributed by atoms with Gasteiger partial charge in [-0.1, -0.05) is 0 Å². The maximum atomic E-state index is 12.4. The minimum atomic E-state index is -0.752. The minimum Gasteiger partial charge on any atom is -0.497 e. The number of piperidine rings is 1. The van der Waals surface area contributed by atoms with Gasteiger partial charge in [-0.15, -0.1) is 0 Å². The van der Waals surface area contributed by atoms with E-state index < -0.39 is 5.97 Å². The van der Waals surface area contributed by atoms with Crippen molar-refractivity contribution in [2.75, 3.05) is 33.9 Å². The molecule has 0 aromatic heterocycles. The summed E-state index contributed by atoms with van der Waals surface area (Å²) in [4.78, 5) is 25.6. The molecular formula is C17H23NO5. The van der Waals surface area contributed by atoms with E-state index in [1.165, 1.54) is 7.11 Å². The molecule has 0 aliphatic carbocycles. The van der Waals surface area contributed by atoms with E-state index in [0.29, 0.717) is 43.0 Å². The number of carboxylic acids is 1. The molecule has 1 fully saturated rings. The maximum Gasteiger partial charge on any atom is 0.307 e. The fourth-order valence-corrected chi connectivity index (χ4v) is 2.88. The number of ether oxygens (including phenoxy) is 2. The quantitative estimate of drug-likeness (QED) is 0.775. The van der Waals surface area contributed by atoms with E-state index in [9.17, 15) is 9.59 Å². The van der Waals surface area contributed by atoms with Crippen LogP contribution in [0, 0.1) is 5.92 Å². The standard InChI is InChI=1S/C17H23NO5/c1-22-13-5-6-14(16(10-13)23-2)15(19)7-9-18-8-3-4-12(11-18)17(20)21/h5-6,10,12H,3-4,7-9,11H2,1-2H3,(H,20,21). The van der Waals surface area contributed by atoms with Crippen LogP contribution >= 0.6 is 0 Å². The van der Waals surface area contributed by atoms with E-state index in [4.69, 9.17) is 14.6 Å². The van der Waals surface area contributed by atoms with Crippen LogP contribution in [0.3, 0.4) is 0 Å². The third-order valence-corrected chi connectivity index (χ3v) is 4.22. The number of aliphatic carboxylic acids is 1. The summed E-state index contributed by atoms with van der Waals surface area (Å²) in [5.41, 5.74) is 0.528. The fourth-order valence-electron chi connectivity index (χ4n) is 2.88. The lowest BCUT2D eigenvalue weighted by molar-refractivity contribution is -0.143. The molecule has 1 aliphatic rings. The summed E-state index contributed by atoms with van der Waals surface area (Å²) in [6.07, 6.45) is 1.91. The molecule has 0 saturated carbocycles. The smallest absolute Gasteiger partial charge is 0.307 e. The number of methoxy groups -OCH3 is 2. The summed E-state index contributed by atoms with van der Waals surface area (Å²) < 4.78 is 10.4. The Bertz CT molecular complexity index is 572. The Kier molecular flexibility index (Phi) is 5.98. The van der Waals surface area contributed by atoms with Gasteiger partial charge in [0.25, 0.3) is 0 Å². The number of likely N-dealkylation sites (tertiary alicyclic amines) is 1. The molecular weight excluding hydrogens is 298 g/mol. The van der Waals surface area contributed by atoms with Crippen LogP contribution in [0.15, 0.2) is 18.2 Å². The van der Waals surface area contributed by atoms with Gasteiger partial charge in [0.15, 0.2) is 5.78 Å². The van der Waals surface area contributed by atoms with Gasteiger partial charge in [0, 0.05) is 25.6 Å². The van der Waals surface area contributed by atoms with E-state index in [0.717, 1.165) is 13.0 Å². The molecule has 1 aromatic carbocycles. The first kappa shape index (κ1) is 17.3. The van der Waals surface area contributed by atoms with Crippen molar-refractivity contribution >= 4 is 11.8 Å². The number of hydrogen-bond acceptors (Lipinski definition) is 5. The Morgan fingerprint density at radius 1 is 1.30 bits per heavy atom. The van der Waals surface area contributed by atoms with Crippen molar-refractivity contribution in [3.63, 3.8) is 0 Å². The van der Waals surface area contributed by atoms with Crippen molar-refractivity contribution in [2.45, 2.75) is 19.3 Å². The highest BCUT2D eigenvalue weighted by molar-refractivity contribution is 5.99. The number of ketones is 1. The van der Waals surface area contributed by atoms with Crippen LogP contribution in [0.25, 0.3) is 0 Å². The molecule has 0 amide bonds. The maximum absolute atomic E-state index is 12.4. The molecule has 6 nitrogen and oxygen atoms in total. The summed E-state index contributed by atoms with van der Waals surface area (Å²) in [7, 11) is 3.08. The summed E-state index contributed by atoms with van der Waals surface area (Å²) in [5.74, 6) is 0.0457. The molecule has 1 atom stereocenters. The predicted octanol–water partition coefficient (Wildman–Crippen LogP) is 2.07. The Hall–Kier alpha value is -2.08. The van der Waals surface area contributed by atoms with Crippen LogP contribution in [0.5, 0.6) is 11.5 Å². The highest BCUT2D eigenvalue weighted by atomic mass is 16.5. The summed E-state index contributed by atoms with van der Waals surface area (Å²) in [6.45, 7) is 1.93. The molecule has 1 aromatic rings. The highest BCUT2D eigenvalue weighted by Gasteiger charge is 2.25. The lowest BCUT2D eigenvalue weighted by atomic mass is 9.97. The lowest BCUT2D eigenvalue weighted by Crippen LogP contribution is -2.39. The molecule has 0 radical (unpaired) electrons. The van der Waals surface area contributed by atoms with Crippen LogP contribution in [-0.4, -0.2) is 55.6 Å². The van der Waals surface area contributed by atoms with E-state index >= 15 is 0 Å². The molecule has 0 spiro atoms. The molecule has 126 valence electrons. The van der Waals surface area contributed by atoms with Gasteiger partial charge in [-0.25, -0.2) is 0 Å².